The van der Waals surface area contributed by atoms with Gasteiger partial charge in [0, 0.05) is 12.0 Å². The van der Waals surface area contributed by atoms with Crippen molar-refractivity contribution < 1.29 is 0 Å². The van der Waals surface area contributed by atoms with Gasteiger partial charge in [0.25, 0.3) is 0 Å². The molecule has 3 nitrogen and oxygen atoms in total. The van der Waals surface area contributed by atoms with Gasteiger partial charge in [-0.3, -0.25) is 5.10 Å². The van der Waals surface area contributed by atoms with E-state index in [1.165, 1.54) is 25.7 Å². The highest BCUT2D eigenvalue weighted by Crippen LogP contribution is 2.34. The average Bonchev–Trinajstić information content (AvgIpc) is 2.53. The van der Waals surface area contributed by atoms with Gasteiger partial charge in [-0.05, 0) is 18.8 Å². The SMILES string of the molecule is C[C@H]1CC[C@H](c2cc(N)[nH]n2)CC1. The van der Waals surface area contributed by atoms with Crippen LogP contribution >= 0.6 is 0 Å². The minimum absolute atomic E-state index is 0.643. The van der Waals surface area contributed by atoms with Crippen LogP contribution in [0.3, 0.4) is 0 Å². The first-order valence-electron chi connectivity index (χ1n) is 5.06. The van der Waals surface area contributed by atoms with Crippen molar-refractivity contribution in [3.63, 3.8) is 0 Å². The van der Waals surface area contributed by atoms with Gasteiger partial charge in [-0.2, -0.15) is 5.10 Å². The molecule has 3 N–H and O–H groups in total. The fourth-order valence-corrected chi connectivity index (χ4v) is 2.12. The molecule has 0 saturated heterocycles. The van der Waals surface area contributed by atoms with Crippen LogP contribution in [0.4, 0.5) is 5.82 Å². The predicted molar refractivity (Wildman–Crippen MR) is 53.4 cm³/mol. The van der Waals surface area contributed by atoms with E-state index < -0.39 is 0 Å². The molecule has 0 spiro atoms. The lowest BCUT2D eigenvalue weighted by Crippen LogP contribution is -2.11. The molecule has 1 aromatic heterocycles. The lowest BCUT2D eigenvalue weighted by Gasteiger charge is -2.24. The first-order valence-corrected chi connectivity index (χ1v) is 5.06. The highest BCUT2D eigenvalue weighted by molar-refractivity contribution is 5.30. The standard InChI is InChI=1S/C10H17N3/c1-7-2-4-8(5-3-7)9-6-10(11)13-12-9/h6-8H,2-5H2,1H3,(H3,11,12,13)/t7-,8-. The van der Waals surface area contributed by atoms with Gasteiger partial charge in [-0.15, -0.1) is 0 Å². The molecule has 13 heavy (non-hydrogen) atoms. The van der Waals surface area contributed by atoms with E-state index in [-0.39, 0.29) is 0 Å². The number of hydrogen-bond acceptors (Lipinski definition) is 2. The van der Waals surface area contributed by atoms with Crippen LogP contribution in [0, 0.1) is 5.92 Å². The van der Waals surface area contributed by atoms with Crippen LogP contribution in [0.5, 0.6) is 0 Å². The third kappa shape index (κ3) is 1.85. The number of nitrogen functional groups attached to an aromatic ring is 1. The molecule has 1 aromatic rings. The molecule has 1 aliphatic carbocycles. The van der Waals surface area contributed by atoms with Crippen molar-refractivity contribution in [3.8, 4) is 0 Å². The lowest BCUT2D eigenvalue weighted by atomic mass is 9.81. The number of rotatable bonds is 1. The van der Waals surface area contributed by atoms with E-state index in [4.69, 9.17) is 5.73 Å². The summed E-state index contributed by atoms with van der Waals surface area (Å²) in [6.45, 7) is 2.33. The van der Waals surface area contributed by atoms with Crippen molar-refractivity contribution in [2.45, 2.75) is 38.5 Å². The molecule has 2 rings (SSSR count). The van der Waals surface area contributed by atoms with Gasteiger partial charge < -0.3 is 5.73 Å². The zero-order chi connectivity index (χ0) is 9.26. The second kappa shape index (κ2) is 3.40. The van der Waals surface area contributed by atoms with Crippen LogP contribution in [-0.2, 0) is 0 Å². The molecule has 3 heteroatoms. The molecule has 0 aliphatic heterocycles. The first kappa shape index (κ1) is 8.60. The van der Waals surface area contributed by atoms with E-state index >= 15 is 0 Å². The maximum absolute atomic E-state index is 5.59. The van der Waals surface area contributed by atoms with Crippen molar-refractivity contribution in [2.75, 3.05) is 5.73 Å². The Labute approximate surface area is 78.7 Å². The molecule has 1 saturated carbocycles. The van der Waals surface area contributed by atoms with E-state index in [9.17, 15) is 0 Å². The fourth-order valence-electron chi connectivity index (χ4n) is 2.12. The van der Waals surface area contributed by atoms with Gasteiger partial charge in [-0.25, -0.2) is 0 Å². The summed E-state index contributed by atoms with van der Waals surface area (Å²) in [4.78, 5) is 0. The van der Waals surface area contributed by atoms with Crippen LogP contribution in [0.1, 0.15) is 44.2 Å². The van der Waals surface area contributed by atoms with Crippen molar-refractivity contribution in [1.29, 1.82) is 0 Å². The van der Waals surface area contributed by atoms with Crippen molar-refractivity contribution >= 4 is 5.82 Å². The Bertz CT molecular complexity index is 271. The number of anilines is 1. The van der Waals surface area contributed by atoms with Gasteiger partial charge in [0.1, 0.15) is 5.82 Å². The molecule has 0 aromatic carbocycles. The number of aromatic amines is 1. The molecular formula is C10H17N3. The van der Waals surface area contributed by atoms with Crippen LogP contribution in [0.2, 0.25) is 0 Å². The van der Waals surface area contributed by atoms with Crippen LogP contribution in [-0.4, -0.2) is 10.2 Å². The highest BCUT2D eigenvalue weighted by atomic mass is 15.2. The van der Waals surface area contributed by atoms with Gasteiger partial charge in [0.15, 0.2) is 0 Å². The largest absolute Gasteiger partial charge is 0.384 e. The highest BCUT2D eigenvalue weighted by Gasteiger charge is 2.21. The summed E-state index contributed by atoms with van der Waals surface area (Å²) in [5.41, 5.74) is 6.75. The van der Waals surface area contributed by atoms with Gasteiger partial charge in [0.2, 0.25) is 0 Å². The maximum Gasteiger partial charge on any atom is 0.119 e. The molecule has 0 radical (unpaired) electrons. The number of nitrogens with zero attached hydrogens (tertiary/aromatic N) is 1. The van der Waals surface area contributed by atoms with E-state index in [0.717, 1.165) is 11.6 Å². The Morgan fingerprint density at radius 1 is 1.38 bits per heavy atom. The molecule has 1 aliphatic rings. The molecular weight excluding hydrogens is 162 g/mol. The maximum atomic E-state index is 5.59. The van der Waals surface area contributed by atoms with Crippen LogP contribution in [0.15, 0.2) is 6.07 Å². The van der Waals surface area contributed by atoms with Gasteiger partial charge >= 0.3 is 0 Å². The van der Waals surface area contributed by atoms with Crippen molar-refractivity contribution in [2.24, 2.45) is 5.92 Å². The predicted octanol–water partition coefficient (Wildman–Crippen LogP) is 2.29. The second-order valence-electron chi connectivity index (χ2n) is 4.20. The molecule has 0 atom stereocenters. The van der Waals surface area contributed by atoms with E-state index in [1.807, 2.05) is 6.07 Å². The van der Waals surface area contributed by atoms with E-state index in [0.29, 0.717) is 11.7 Å². The molecule has 72 valence electrons. The summed E-state index contributed by atoms with van der Waals surface area (Å²) >= 11 is 0. The first-order chi connectivity index (χ1) is 6.25. The quantitative estimate of drug-likeness (QED) is 0.695. The summed E-state index contributed by atoms with van der Waals surface area (Å²) in [5.74, 6) is 2.23. The zero-order valence-electron chi connectivity index (χ0n) is 8.09. The average molecular weight is 179 g/mol. The smallest absolute Gasteiger partial charge is 0.119 e. The fraction of sp³-hybridized carbons (Fsp3) is 0.700. The molecule has 1 heterocycles. The normalized spacial score (nSPS) is 29.0. The molecule has 0 unspecified atom stereocenters. The Balaban J connectivity index is 2.02. The monoisotopic (exact) mass is 179 g/mol. The number of H-pyrrole nitrogens is 1. The summed E-state index contributed by atoms with van der Waals surface area (Å²) in [6.07, 6.45) is 5.20. The Morgan fingerprint density at radius 2 is 2.08 bits per heavy atom. The van der Waals surface area contributed by atoms with Crippen molar-refractivity contribution in [3.05, 3.63) is 11.8 Å². The van der Waals surface area contributed by atoms with Crippen LogP contribution in [0.25, 0.3) is 0 Å². The second-order valence-corrected chi connectivity index (χ2v) is 4.20. The minimum atomic E-state index is 0.643. The van der Waals surface area contributed by atoms with Gasteiger partial charge in [-0.1, -0.05) is 19.8 Å². The molecule has 0 bridgehead atoms. The Hall–Kier alpha value is -0.990. The number of nitrogens with one attached hydrogen (secondary N) is 1. The molecule has 1 fully saturated rings. The van der Waals surface area contributed by atoms with Crippen LogP contribution < -0.4 is 5.73 Å². The third-order valence-corrected chi connectivity index (χ3v) is 3.05. The van der Waals surface area contributed by atoms with Crippen molar-refractivity contribution in [1.82, 2.24) is 10.2 Å². The number of nitrogens with two attached hydrogens (primary N) is 1. The zero-order valence-corrected chi connectivity index (χ0v) is 8.09. The minimum Gasteiger partial charge on any atom is -0.384 e. The van der Waals surface area contributed by atoms with Gasteiger partial charge in [0.05, 0.1) is 5.69 Å². The Morgan fingerprint density at radius 3 is 2.62 bits per heavy atom. The van der Waals surface area contributed by atoms with E-state index in [1.54, 1.807) is 0 Å². The third-order valence-electron chi connectivity index (χ3n) is 3.05. The summed E-state index contributed by atoms with van der Waals surface area (Å²) < 4.78 is 0. The summed E-state index contributed by atoms with van der Waals surface area (Å²) in [5, 5.41) is 7.02. The number of aromatic nitrogens is 2. The van der Waals surface area contributed by atoms with E-state index in [2.05, 4.69) is 17.1 Å². The lowest BCUT2D eigenvalue weighted by molar-refractivity contribution is 0.344. The summed E-state index contributed by atoms with van der Waals surface area (Å²) in [7, 11) is 0. The summed E-state index contributed by atoms with van der Waals surface area (Å²) in [6, 6.07) is 1.97. The molecule has 0 amide bonds. The topological polar surface area (TPSA) is 54.7 Å². The Kier molecular flexibility index (Phi) is 2.25. The number of hydrogen-bond donors (Lipinski definition) is 2.